The van der Waals surface area contributed by atoms with E-state index < -0.39 is 0 Å². The lowest BCUT2D eigenvalue weighted by Crippen LogP contribution is -2.38. The summed E-state index contributed by atoms with van der Waals surface area (Å²) >= 11 is 0. The van der Waals surface area contributed by atoms with Crippen LogP contribution in [0.4, 0.5) is 0 Å². The van der Waals surface area contributed by atoms with Gasteiger partial charge in [0.05, 0.1) is 12.1 Å². The van der Waals surface area contributed by atoms with E-state index in [9.17, 15) is 4.79 Å². The van der Waals surface area contributed by atoms with Crippen molar-refractivity contribution in [3.63, 3.8) is 0 Å². The van der Waals surface area contributed by atoms with E-state index in [0.29, 0.717) is 17.9 Å². The molecule has 0 aromatic carbocycles. The Kier molecular flexibility index (Phi) is 3.93. The molecule has 0 spiro atoms. The Hall–Kier alpha value is -1.98. The predicted molar refractivity (Wildman–Crippen MR) is 58.4 cm³/mol. The highest BCUT2D eigenvalue weighted by atomic mass is 16.4. The van der Waals surface area contributed by atoms with E-state index in [1.807, 2.05) is 6.92 Å². The number of hydrogen-bond acceptors (Lipinski definition) is 4. The fourth-order valence-corrected chi connectivity index (χ4v) is 1.29. The second-order valence-electron chi connectivity index (χ2n) is 3.36. The first-order valence-corrected chi connectivity index (χ1v) is 4.89. The molecule has 1 aromatic rings. The summed E-state index contributed by atoms with van der Waals surface area (Å²) in [4.78, 5) is 13.4. The Morgan fingerprint density at radius 3 is 2.81 bits per heavy atom. The summed E-state index contributed by atoms with van der Waals surface area (Å²) < 4.78 is 5.05. The lowest BCUT2D eigenvalue weighted by molar-refractivity contribution is 0.0785. The molecular weight excluding hydrogens is 210 g/mol. The number of amidine groups is 1. The molecule has 0 unspecified atom stereocenters. The number of nitrogens with two attached hydrogens (primary N) is 1. The van der Waals surface area contributed by atoms with Crippen molar-refractivity contribution in [2.24, 2.45) is 10.9 Å². The van der Waals surface area contributed by atoms with E-state index >= 15 is 0 Å². The minimum atomic E-state index is -0.203. The molecule has 3 N–H and O–H groups in total. The van der Waals surface area contributed by atoms with Crippen LogP contribution in [0.2, 0.25) is 0 Å². The molecule has 6 nitrogen and oxygen atoms in total. The maximum absolute atomic E-state index is 11.9. The van der Waals surface area contributed by atoms with Crippen molar-refractivity contribution in [1.82, 2.24) is 4.90 Å². The van der Waals surface area contributed by atoms with E-state index in [1.165, 1.54) is 11.2 Å². The van der Waals surface area contributed by atoms with Gasteiger partial charge in [0.25, 0.3) is 5.91 Å². The molecule has 0 aliphatic rings. The summed E-state index contributed by atoms with van der Waals surface area (Å²) in [5.41, 5.74) is 5.82. The molecule has 6 heteroatoms. The van der Waals surface area contributed by atoms with Crippen LogP contribution >= 0.6 is 0 Å². The van der Waals surface area contributed by atoms with Crippen molar-refractivity contribution >= 4 is 11.7 Å². The molecule has 1 aromatic heterocycles. The smallest absolute Gasteiger partial charge is 0.257 e. The topological polar surface area (TPSA) is 92.1 Å². The van der Waals surface area contributed by atoms with Gasteiger partial charge in [0.1, 0.15) is 12.0 Å². The highest BCUT2D eigenvalue weighted by Gasteiger charge is 2.17. The van der Waals surface area contributed by atoms with E-state index in [4.69, 9.17) is 15.4 Å². The Balaban J connectivity index is 2.77. The number of nitrogens with zero attached hydrogens (tertiary/aromatic N) is 2. The van der Waals surface area contributed by atoms with Crippen molar-refractivity contribution in [3.8, 4) is 0 Å². The average Bonchev–Trinajstić information content (AvgIpc) is 2.71. The zero-order valence-electron chi connectivity index (χ0n) is 9.30. The van der Waals surface area contributed by atoms with E-state index in [-0.39, 0.29) is 18.3 Å². The molecule has 0 atom stereocenters. The molecule has 0 bridgehead atoms. The summed E-state index contributed by atoms with van der Waals surface area (Å²) in [6.45, 7) is 4.14. The molecular formula is C10H15N3O3. The van der Waals surface area contributed by atoms with Gasteiger partial charge in [0, 0.05) is 6.54 Å². The number of carbonyl (C=O) groups excluding carboxylic acids is 1. The monoisotopic (exact) mass is 225 g/mol. The highest BCUT2D eigenvalue weighted by Crippen LogP contribution is 2.09. The van der Waals surface area contributed by atoms with Crippen LogP contribution in [-0.2, 0) is 0 Å². The summed E-state index contributed by atoms with van der Waals surface area (Å²) in [7, 11) is 0. The minimum Gasteiger partial charge on any atom is -0.469 e. The SMILES string of the molecule is CCN(CC(N)=NO)C(=O)c1coc(C)c1. The van der Waals surface area contributed by atoms with Gasteiger partial charge in [-0.25, -0.2) is 0 Å². The third-order valence-electron chi connectivity index (χ3n) is 2.13. The second-order valence-corrected chi connectivity index (χ2v) is 3.36. The molecule has 0 radical (unpaired) electrons. The third-order valence-corrected chi connectivity index (χ3v) is 2.13. The van der Waals surface area contributed by atoms with Gasteiger partial charge in [-0.2, -0.15) is 0 Å². The molecule has 0 aliphatic carbocycles. The zero-order chi connectivity index (χ0) is 12.1. The molecule has 1 heterocycles. The summed E-state index contributed by atoms with van der Waals surface area (Å²) in [5, 5.41) is 11.3. The van der Waals surface area contributed by atoms with Crippen LogP contribution in [0.3, 0.4) is 0 Å². The highest BCUT2D eigenvalue weighted by molar-refractivity contribution is 5.96. The molecule has 1 rings (SSSR count). The van der Waals surface area contributed by atoms with Crippen LogP contribution in [0.1, 0.15) is 23.0 Å². The number of likely N-dealkylation sites (N-methyl/N-ethyl adjacent to an activating group) is 1. The first-order valence-electron chi connectivity index (χ1n) is 4.89. The predicted octanol–water partition coefficient (Wildman–Crippen LogP) is 0.797. The van der Waals surface area contributed by atoms with Crippen LogP contribution in [0.25, 0.3) is 0 Å². The van der Waals surface area contributed by atoms with Crippen molar-refractivity contribution in [1.29, 1.82) is 0 Å². The molecule has 0 aliphatic heterocycles. The fourth-order valence-electron chi connectivity index (χ4n) is 1.29. The van der Waals surface area contributed by atoms with E-state index in [0.717, 1.165) is 0 Å². The second kappa shape index (κ2) is 5.20. The summed E-state index contributed by atoms with van der Waals surface area (Å²) in [6.07, 6.45) is 1.40. The van der Waals surface area contributed by atoms with Gasteiger partial charge in [-0.05, 0) is 19.9 Å². The summed E-state index contributed by atoms with van der Waals surface area (Å²) in [5.74, 6) is 0.463. The molecule has 1 amide bonds. The van der Waals surface area contributed by atoms with E-state index in [1.54, 1.807) is 13.0 Å². The van der Waals surface area contributed by atoms with Gasteiger partial charge in [0.2, 0.25) is 0 Å². The number of aryl methyl sites for hydroxylation is 1. The average molecular weight is 225 g/mol. The van der Waals surface area contributed by atoms with Gasteiger partial charge in [-0.15, -0.1) is 0 Å². The van der Waals surface area contributed by atoms with Crippen molar-refractivity contribution in [3.05, 3.63) is 23.7 Å². The molecule has 0 saturated heterocycles. The number of furan rings is 1. The van der Waals surface area contributed by atoms with Crippen LogP contribution in [-0.4, -0.2) is 34.9 Å². The van der Waals surface area contributed by atoms with Crippen molar-refractivity contribution < 1.29 is 14.4 Å². The lowest BCUT2D eigenvalue weighted by Gasteiger charge is -2.18. The number of rotatable bonds is 4. The Labute approximate surface area is 93.3 Å². The molecule has 88 valence electrons. The van der Waals surface area contributed by atoms with Gasteiger partial charge in [-0.1, -0.05) is 5.16 Å². The maximum Gasteiger partial charge on any atom is 0.257 e. The molecule has 0 fully saturated rings. The number of amides is 1. The van der Waals surface area contributed by atoms with Gasteiger partial charge < -0.3 is 20.3 Å². The number of oxime groups is 1. The van der Waals surface area contributed by atoms with Gasteiger partial charge in [-0.3, -0.25) is 4.79 Å². The van der Waals surface area contributed by atoms with Crippen LogP contribution in [0.15, 0.2) is 21.9 Å². The summed E-state index contributed by atoms with van der Waals surface area (Å²) in [6, 6.07) is 1.65. The molecule has 0 saturated carbocycles. The molecule has 16 heavy (non-hydrogen) atoms. The zero-order valence-corrected chi connectivity index (χ0v) is 9.30. The van der Waals surface area contributed by atoms with Crippen LogP contribution < -0.4 is 5.73 Å². The fraction of sp³-hybridized carbons (Fsp3) is 0.400. The standard InChI is InChI=1S/C10H15N3O3/c1-3-13(5-9(11)12-15)10(14)8-4-7(2)16-6-8/h4,6,15H,3,5H2,1-2H3,(H2,11,12). The van der Waals surface area contributed by atoms with Crippen LogP contribution in [0, 0.1) is 6.92 Å². The van der Waals surface area contributed by atoms with Gasteiger partial charge >= 0.3 is 0 Å². The minimum absolute atomic E-state index is 0.00424. The largest absolute Gasteiger partial charge is 0.469 e. The lowest BCUT2D eigenvalue weighted by atomic mass is 10.2. The first kappa shape index (κ1) is 12.1. The Bertz CT molecular complexity index is 398. The number of hydrogen-bond donors (Lipinski definition) is 2. The van der Waals surface area contributed by atoms with E-state index in [2.05, 4.69) is 5.16 Å². The normalized spacial score (nSPS) is 11.5. The Morgan fingerprint density at radius 2 is 2.38 bits per heavy atom. The van der Waals surface area contributed by atoms with Gasteiger partial charge in [0.15, 0.2) is 5.84 Å². The first-order chi connectivity index (χ1) is 7.58. The third kappa shape index (κ3) is 2.75. The number of carbonyl (C=O) groups is 1. The van der Waals surface area contributed by atoms with Crippen LogP contribution in [0.5, 0.6) is 0 Å². The maximum atomic E-state index is 11.9. The Morgan fingerprint density at radius 1 is 1.69 bits per heavy atom. The van der Waals surface area contributed by atoms with Crippen molar-refractivity contribution in [2.75, 3.05) is 13.1 Å². The quantitative estimate of drug-likeness (QED) is 0.343. The van der Waals surface area contributed by atoms with Crippen molar-refractivity contribution in [2.45, 2.75) is 13.8 Å².